The number of rotatable bonds is 3. The first-order valence-electron chi connectivity index (χ1n) is 6.87. The van der Waals surface area contributed by atoms with Crippen molar-refractivity contribution in [3.63, 3.8) is 0 Å². The Hall–Kier alpha value is -1.36. The van der Waals surface area contributed by atoms with Crippen molar-refractivity contribution in [2.24, 2.45) is 0 Å². The lowest BCUT2D eigenvalue weighted by molar-refractivity contribution is 0.197. The van der Waals surface area contributed by atoms with Crippen LogP contribution < -0.4 is 5.32 Å². The third kappa shape index (κ3) is 3.20. The van der Waals surface area contributed by atoms with E-state index in [9.17, 15) is 0 Å². The van der Waals surface area contributed by atoms with Gasteiger partial charge in [-0.2, -0.15) is 0 Å². The Morgan fingerprint density at radius 3 is 3.20 bits per heavy atom. The second kappa shape index (κ2) is 5.95. The molecule has 0 amide bonds. The number of nitrogens with zero attached hydrogens (tertiary/aromatic N) is 2. The van der Waals surface area contributed by atoms with E-state index >= 15 is 0 Å². The summed E-state index contributed by atoms with van der Waals surface area (Å²) in [6.07, 6.45) is 1.74. The first kappa shape index (κ1) is 13.6. The molecule has 20 heavy (non-hydrogen) atoms. The molecule has 4 nitrogen and oxygen atoms in total. The molecule has 1 aliphatic heterocycles. The SMILES string of the molecule is C[C@@H]1CN(Cc2coc(-c3cccc(Cl)c3)n2)CCN1. The minimum atomic E-state index is 0.531. The molecule has 0 aliphatic carbocycles. The van der Waals surface area contributed by atoms with Gasteiger partial charge in [-0.05, 0) is 25.1 Å². The summed E-state index contributed by atoms with van der Waals surface area (Å²) in [4.78, 5) is 6.94. The molecule has 2 aromatic rings. The molecule has 1 N–H and O–H groups in total. The van der Waals surface area contributed by atoms with E-state index in [0.717, 1.165) is 37.4 Å². The Labute approximate surface area is 123 Å². The maximum absolute atomic E-state index is 5.99. The second-order valence-electron chi connectivity index (χ2n) is 5.24. The average molecular weight is 292 g/mol. The molecule has 0 bridgehead atoms. The molecule has 1 atom stereocenters. The number of piperazine rings is 1. The fourth-order valence-corrected chi connectivity index (χ4v) is 2.71. The molecular weight excluding hydrogens is 274 g/mol. The van der Waals surface area contributed by atoms with E-state index < -0.39 is 0 Å². The fraction of sp³-hybridized carbons (Fsp3) is 0.400. The highest BCUT2D eigenvalue weighted by Crippen LogP contribution is 2.22. The lowest BCUT2D eigenvalue weighted by atomic mass is 10.2. The van der Waals surface area contributed by atoms with Gasteiger partial charge in [0.25, 0.3) is 0 Å². The van der Waals surface area contributed by atoms with Gasteiger partial charge in [-0.3, -0.25) is 4.90 Å². The van der Waals surface area contributed by atoms with Gasteiger partial charge in [0.05, 0.1) is 5.69 Å². The number of nitrogens with one attached hydrogen (secondary N) is 1. The van der Waals surface area contributed by atoms with Gasteiger partial charge in [0.1, 0.15) is 6.26 Å². The summed E-state index contributed by atoms with van der Waals surface area (Å²) in [7, 11) is 0. The summed E-state index contributed by atoms with van der Waals surface area (Å²) in [6, 6.07) is 8.10. The largest absolute Gasteiger partial charge is 0.444 e. The maximum Gasteiger partial charge on any atom is 0.226 e. The van der Waals surface area contributed by atoms with Crippen LogP contribution in [0.4, 0.5) is 0 Å². The van der Waals surface area contributed by atoms with Crippen LogP contribution in [0.3, 0.4) is 0 Å². The zero-order valence-electron chi connectivity index (χ0n) is 11.5. The van der Waals surface area contributed by atoms with E-state index in [4.69, 9.17) is 16.0 Å². The predicted octanol–water partition coefficient (Wildman–Crippen LogP) is 2.79. The van der Waals surface area contributed by atoms with Gasteiger partial charge in [0, 0.05) is 42.8 Å². The highest BCUT2D eigenvalue weighted by Gasteiger charge is 2.17. The summed E-state index contributed by atoms with van der Waals surface area (Å²) in [5, 5.41) is 4.13. The van der Waals surface area contributed by atoms with E-state index in [0.29, 0.717) is 17.0 Å². The van der Waals surface area contributed by atoms with Gasteiger partial charge in [-0.25, -0.2) is 4.98 Å². The quantitative estimate of drug-likeness (QED) is 0.944. The summed E-state index contributed by atoms with van der Waals surface area (Å²) in [5.74, 6) is 0.630. The molecule has 0 saturated carbocycles. The van der Waals surface area contributed by atoms with Gasteiger partial charge in [0.2, 0.25) is 5.89 Å². The van der Waals surface area contributed by atoms with Crippen LogP contribution in [0.5, 0.6) is 0 Å². The Bertz CT molecular complexity index is 584. The number of hydrogen-bond donors (Lipinski definition) is 1. The molecule has 5 heteroatoms. The van der Waals surface area contributed by atoms with Crippen molar-refractivity contribution < 1.29 is 4.42 Å². The summed E-state index contributed by atoms with van der Waals surface area (Å²) in [5.41, 5.74) is 1.88. The number of aromatic nitrogens is 1. The first-order chi connectivity index (χ1) is 9.70. The highest BCUT2D eigenvalue weighted by atomic mass is 35.5. The van der Waals surface area contributed by atoms with Crippen LogP contribution in [0.2, 0.25) is 5.02 Å². The van der Waals surface area contributed by atoms with Crippen LogP contribution in [-0.2, 0) is 6.54 Å². The molecule has 0 radical (unpaired) electrons. The van der Waals surface area contributed by atoms with E-state index in [2.05, 4.69) is 22.1 Å². The van der Waals surface area contributed by atoms with Crippen LogP contribution >= 0.6 is 11.6 Å². The molecule has 1 aromatic carbocycles. The van der Waals surface area contributed by atoms with Gasteiger partial charge in [-0.15, -0.1) is 0 Å². The molecule has 1 saturated heterocycles. The van der Waals surface area contributed by atoms with Crippen molar-refractivity contribution in [2.75, 3.05) is 19.6 Å². The summed E-state index contributed by atoms with van der Waals surface area (Å²) >= 11 is 5.99. The van der Waals surface area contributed by atoms with E-state index in [1.54, 1.807) is 6.26 Å². The van der Waals surface area contributed by atoms with Crippen molar-refractivity contribution >= 4 is 11.6 Å². The molecule has 1 aliphatic rings. The Kier molecular flexibility index (Phi) is 4.05. The van der Waals surface area contributed by atoms with Crippen molar-refractivity contribution in [1.29, 1.82) is 0 Å². The normalized spacial score (nSPS) is 20.2. The second-order valence-corrected chi connectivity index (χ2v) is 5.68. The molecule has 106 valence electrons. The van der Waals surface area contributed by atoms with Crippen LogP contribution in [0.1, 0.15) is 12.6 Å². The highest BCUT2D eigenvalue weighted by molar-refractivity contribution is 6.30. The lowest BCUT2D eigenvalue weighted by Gasteiger charge is -2.31. The Morgan fingerprint density at radius 2 is 2.40 bits per heavy atom. The third-order valence-corrected chi connectivity index (χ3v) is 3.70. The van der Waals surface area contributed by atoms with Crippen LogP contribution in [-0.4, -0.2) is 35.6 Å². The van der Waals surface area contributed by atoms with E-state index in [1.165, 1.54) is 0 Å². The molecule has 0 spiro atoms. The molecule has 1 aromatic heterocycles. The molecule has 3 rings (SSSR count). The minimum absolute atomic E-state index is 0.531. The number of halogens is 1. The predicted molar refractivity (Wildman–Crippen MR) is 79.7 cm³/mol. The molecule has 2 heterocycles. The molecular formula is C15H18ClN3O. The van der Waals surface area contributed by atoms with Gasteiger partial charge in [-0.1, -0.05) is 17.7 Å². The summed E-state index contributed by atoms with van der Waals surface area (Å²) < 4.78 is 5.56. The van der Waals surface area contributed by atoms with Crippen molar-refractivity contribution in [2.45, 2.75) is 19.5 Å². The zero-order chi connectivity index (χ0) is 13.9. The smallest absolute Gasteiger partial charge is 0.226 e. The van der Waals surface area contributed by atoms with Crippen LogP contribution in [0.25, 0.3) is 11.5 Å². The van der Waals surface area contributed by atoms with Gasteiger partial charge in [0.15, 0.2) is 0 Å². The number of oxazole rings is 1. The van der Waals surface area contributed by atoms with E-state index in [-0.39, 0.29) is 0 Å². The van der Waals surface area contributed by atoms with Crippen molar-refractivity contribution in [3.05, 3.63) is 41.2 Å². The number of hydrogen-bond acceptors (Lipinski definition) is 4. The average Bonchev–Trinajstić information content (AvgIpc) is 2.87. The minimum Gasteiger partial charge on any atom is -0.444 e. The van der Waals surface area contributed by atoms with Crippen molar-refractivity contribution in [1.82, 2.24) is 15.2 Å². The Morgan fingerprint density at radius 1 is 1.50 bits per heavy atom. The van der Waals surface area contributed by atoms with Crippen LogP contribution in [0.15, 0.2) is 34.9 Å². The number of benzene rings is 1. The Balaban J connectivity index is 1.70. The van der Waals surface area contributed by atoms with Crippen LogP contribution in [0, 0.1) is 0 Å². The molecule has 1 fully saturated rings. The third-order valence-electron chi connectivity index (χ3n) is 3.46. The van der Waals surface area contributed by atoms with Gasteiger partial charge >= 0.3 is 0 Å². The standard InChI is InChI=1S/C15H18ClN3O/c1-11-8-19(6-5-17-11)9-14-10-20-15(18-14)12-3-2-4-13(16)7-12/h2-4,7,10-11,17H,5-6,8-9H2,1H3/t11-/m1/s1. The topological polar surface area (TPSA) is 41.3 Å². The zero-order valence-corrected chi connectivity index (χ0v) is 12.2. The monoisotopic (exact) mass is 291 g/mol. The first-order valence-corrected chi connectivity index (χ1v) is 7.24. The summed E-state index contributed by atoms with van der Waals surface area (Å²) in [6.45, 7) is 6.14. The van der Waals surface area contributed by atoms with Gasteiger partial charge < -0.3 is 9.73 Å². The molecule has 0 unspecified atom stereocenters. The van der Waals surface area contributed by atoms with E-state index in [1.807, 2.05) is 24.3 Å². The lowest BCUT2D eigenvalue weighted by Crippen LogP contribution is -2.48. The van der Waals surface area contributed by atoms with Crippen molar-refractivity contribution in [3.8, 4) is 11.5 Å². The maximum atomic E-state index is 5.99. The fourth-order valence-electron chi connectivity index (χ4n) is 2.52.